The number of rotatable bonds is 7. The molecule has 1 aliphatic heterocycles. The molecule has 1 saturated heterocycles. The fourth-order valence-electron chi connectivity index (χ4n) is 2.57. The van der Waals surface area contributed by atoms with Crippen molar-refractivity contribution >= 4 is 0 Å². The molecule has 1 heterocycles. The molecule has 1 aromatic rings. The van der Waals surface area contributed by atoms with Gasteiger partial charge in [0.15, 0.2) is 11.5 Å². The third-order valence-corrected chi connectivity index (χ3v) is 3.78. The van der Waals surface area contributed by atoms with Gasteiger partial charge in [-0.05, 0) is 31.7 Å². The largest absolute Gasteiger partial charge is 0.504 e. The number of benzene rings is 1. The lowest BCUT2D eigenvalue weighted by molar-refractivity contribution is 0.202. The van der Waals surface area contributed by atoms with E-state index >= 15 is 0 Å². The lowest BCUT2D eigenvalue weighted by Crippen LogP contribution is -2.45. The summed E-state index contributed by atoms with van der Waals surface area (Å²) in [5.41, 5.74) is 1.17. The molecular formula is C16H27N3O2. The highest BCUT2D eigenvalue weighted by atomic mass is 16.5. The molecule has 1 aromatic carbocycles. The van der Waals surface area contributed by atoms with Crippen LogP contribution in [0, 0.1) is 0 Å². The van der Waals surface area contributed by atoms with Gasteiger partial charge in [-0.25, -0.2) is 0 Å². The Kier molecular flexibility index (Phi) is 6.29. The smallest absolute Gasteiger partial charge is 0.161 e. The van der Waals surface area contributed by atoms with Gasteiger partial charge >= 0.3 is 0 Å². The predicted molar refractivity (Wildman–Crippen MR) is 84.9 cm³/mol. The Bertz CT molecular complexity index is 434. The summed E-state index contributed by atoms with van der Waals surface area (Å²) >= 11 is 0. The van der Waals surface area contributed by atoms with E-state index in [0.717, 1.165) is 45.8 Å². The minimum absolute atomic E-state index is 0.212. The summed E-state index contributed by atoms with van der Waals surface area (Å²) in [6.45, 7) is 9.98. The molecule has 0 amide bonds. The second kappa shape index (κ2) is 8.22. The molecule has 1 fully saturated rings. The lowest BCUT2D eigenvalue weighted by Gasteiger charge is -2.29. The average Bonchev–Trinajstić information content (AvgIpc) is 2.50. The molecule has 5 heteroatoms. The van der Waals surface area contributed by atoms with Crippen LogP contribution in [0.3, 0.4) is 0 Å². The maximum atomic E-state index is 9.72. The maximum absolute atomic E-state index is 9.72. The van der Waals surface area contributed by atoms with Crippen molar-refractivity contribution in [1.29, 1.82) is 0 Å². The van der Waals surface area contributed by atoms with Crippen molar-refractivity contribution in [3.05, 3.63) is 23.8 Å². The summed E-state index contributed by atoms with van der Waals surface area (Å²) in [6.07, 6.45) is 0. The van der Waals surface area contributed by atoms with Gasteiger partial charge in [0.25, 0.3) is 0 Å². The molecule has 0 bridgehead atoms. The molecule has 0 radical (unpaired) electrons. The maximum Gasteiger partial charge on any atom is 0.161 e. The number of nitrogens with zero attached hydrogens (tertiary/aromatic N) is 2. The Morgan fingerprint density at radius 2 is 2.10 bits per heavy atom. The number of phenolic OH excluding ortho intramolecular Hbond substituents is 1. The summed E-state index contributed by atoms with van der Waals surface area (Å²) in [5.74, 6) is 0.787. The van der Waals surface area contributed by atoms with Crippen LogP contribution in [0.4, 0.5) is 0 Å². The number of aromatic hydroxyl groups is 1. The fourth-order valence-corrected chi connectivity index (χ4v) is 2.57. The minimum atomic E-state index is 0.212. The first-order valence-electron chi connectivity index (χ1n) is 7.75. The van der Waals surface area contributed by atoms with Crippen molar-refractivity contribution in [2.75, 3.05) is 52.9 Å². The molecule has 21 heavy (non-hydrogen) atoms. The first kappa shape index (κ1) is 16.1. The summed E-state index contributed by atoms with van der Waals surface area (Å²) in [5, 5.41) is 13.1. The van der Waals surface area contributed by atoms with Crippen molar-refractivity contribution in [3.63, 3.8) is 0 Å². The quantitative estimate of drug-likeness (QED) is 0.789. The zero-order valence-electron chi connectivity index (χ0n) is 13.1. The third-order valence-electron chi connectivity index (χ3n) is 3.78. The van der Waals surface area contributed by atoms with Crippen molar-refractivity contribution in [2.24, 2.45) is 0 Å². The van der Waals surface area contributed by atoms with Gasteiger partial charge in [0, 0.05) is 45.8 Å². The molecule has 2 N–H and O–H groups in total. The summed E-state index contributed by atoms with van der Waals surface area (Å²) in [4.78, 5) is 4.81. The second-order valence-electron chi connectivity index (χ2n) is 5.56. The standard InChI is InChI=1S/C16H27N3O2/c1-3-21-16-12-14(4-5-15(16)20)13-18(2)10-11-19-8-6-17-7-9-19/h4-5,12,17,20H,3,6-11,13H2,1-2H3. The Morgan fingerprint density at radius 3 is 2.81 bits per heavy atom. The van der Waals surface area contributed by atoms with Crippen LogP contribution >= 0.6 is 0 Å². The number of nitrogens with one attached hydrogen (secondary N) is 1. The molecule has 118 valence electrons. The summed E-state index contributed by atoms with van der Waals surface area (Å²) in [6, 6.07) is 5.60. The number of phenols is 1. The first-order chi connectivity index (χ1) is 10.2. The zero-order valence-corrected chi connectivity index (χ0v) is 13.1. The highest BCUT2D eigenvalue weighted by molar-refractivity contribution is 5.41. The van der Waals surface area contributed by atoms with Crippen LogP contribution in [0.25, 0.3) is 0 Å². The van der Waals surface area contributed by atoms with Gasteiger partial charge in [0.05, 0.1) is 6.61 Å². The van der Waals surface area contributed by atoms with Crippen molar-refractivity contribution in [1.82, 2.24) is 15.1 Å². The van der Waals surface area contributed by atoms with E-state index in [1.807, 2.05) is 19.1 Å². The summed E-state index contributed by atoms with van der Waals surface area (Å²) < 4.78 is 5.43. The van der Waals surface area contributed by atoms with Crippen LogP contribution < -0.4 is 10.1 Å². The van der Waals surface area contributed by atoms with Crippen LogP contribution in [0.15, 0.2) is 18.2 Å². The molecule has 0 aromatic heterocycles. The third kappa shape index (κ3) is 5.19. The number of hydrogen-bond acceptors (Lipinski definition) is 5. The van der Waals surface area contributed by atoms with Crippen LogP contribution in [-0.4, -0.2) is 67.8 Å². The van der Waals surface area contributed by atoms with Gasteiger partial charge in [-0.2, -0.15) is 0 Å². The van der Waals surface area contributed by atoms with Crippen molar-refractivity contribution in [2.45, 2.75) is 13.5 Å². The van der Waals surface area contributed by atoms with E-state index in [-0.39, 0.29) is 5.75 Å². The minimum Gasteiger partial charge on any atom is -0.504 e. The normalized spacial score (nSPS) is 16.3. The summed E-state index contributed by atoms with van der Waals surface area (Å²) in [7, 11) is 2.13. The lowest BCUT2D eigenvalue weighted by atomic mass is 10.2. The molecule has 1 aliphatic rings. The van der Waals surface area contributed by atoms with E-state index in [0.29, 0.717) is 12.4 Å². The van der Waals surface area contributed by atoms with Crippen LogP contribution in [0.1, 0.15) is 12.5 Å². The number of hydrogen-bond donors (Lipinski definition) is 2. The average molecular weight is 293 g/mol. The Morgan fingerprint density at radius 1 is 1.33 bits per heavy atom. The van der Waals surface area contributed by atoms with Gasteiger partial charge in [0.1, 0.15) is 0 Å². The van der Waals surface area contributed by atoms with E-state index in [1.165, 1.54) is 5.56 Å². The molecule has 5 nitrogen and oxygen atoms in total. The molecular weight excluding hydrogens is 266 g/mol. The van der Waals surface area contributed by atoms with E-state index in [2.05, 4.69) is 22.2 Å². The molecule has 2 rings (SSSR count). The topological polar surface area (TPSA) is 48.0 Å². The van der Waals surface area contributed by atoms with Gasteiger partial charge in [-0.1, -0.05) is 6.07 Å². The number of piperazine rings is 1. The van der Waals surface area contributed by atoms with Gasteiger partial charge < -0.3 is 20.1 Å². The molecule has 0 atom stereocenters. The second-order valence-corrected chi connectivity index (χ2v) is 5.56. The zero-order chi connectivity index (χ0) is 15.1. The van der Waals surface area contributed by atoms with Gasteiger partial charge in [-0.15, -0.1) is 0 Å². The van der Waals surface area contributed by atoms with Gasteiger partial charge in [0.2, 0.25) is 0 Å². The van der Waals surface area contributed by atoms with Crippen molar-refractivity contribution in [3.8, 4) is 11.5 Å². The monoisotopic (exact) mass is 293 g/mol. The molecule has 0 spiro atoms. The highest BCUT2D eigenvalue weighted by Crippen LogP contribution is 2.27. The first-order valence-corrected chi connectivity index (χ1v) is 7.75. The van der Waals surface area contributed by atoms with Gasteiger partial charge in [-0.3, -0.25) is 4.90 Å². The van der Waals surface area contributed by atoms with Crippen LogP contribution in [0.5, 0.6) is 11.5 Å². The van der Waals surface area contributed by atoms with E-state index in [1.54, 1.807) is 6.07 Å². The van der Waals surface area contributed by atoms with Crippen LogP contribution in [-0.2, 0) is 6.54 Å². The highest BCUT2D eigenvalue weighted by Gasteiger charge is 2.11. The fraction of sp³-hybridized carbons (Fsp3) is 0.625. The molecule has 0 saturated carbocycles. The van der Waals surface area contributed by atoms with E-state index in [9.17, 15) is 5.11 Å². The Hall–Kier alpha value is -1.30. The van der Waals surface area contributed by atoms with Crippen molar-refractivity contribution < 1.29 is 9.84 Å². The Labute approximate surface area is 127 Å². The van der Waals surface area contributed by atoms with E-state index < -0.39 is 0 Å². The number of ether oxygens (including phenoxy) is 1. The Balaban J connectivity index is 1.81. The van der Waals surface area contributed by atoms with E-state index in [4.69, 9.17) is 4.74 Å². The number of likely N-dealkylation sites (N-methyl/N-ethyl adjacent to an activating group) is 1. The van der Waals surface area contributed by atoms with Crippen LogP contribution in [0.2, 0.25) is 0 Å². The SMILES string of the molecule is CCOc1cc(CN(C)CCN2CCNCC2)ccc1O. The predicted octanol–water partition coefficient (Wildman–Crippen LogP) is 1.13. The molecule has 0 aliphatic carbocycles. The molecule has 0 unspecified atom stereocenters.